The van der Waals surface area contributed by atoms with Gasteiger partial charge in [-0.25, -0.2) is 4.68 Å². The highest BCUT2D eigenvalue weighted by Crippen LogP contribution is 2.38. The predicted molar refractivity (Wildman–Crippen MR) is 57.0 cm³/mol. The van der Waals surface area contributed by atoms with Crippen LogP contribution in [-0.2, 0) is 7.05 Å². The Hall–Kier alpha value is -1.24. The fraction of sp³-hybridized carbons (Fsp3) is 0.700. The number of hydrogen-bond acceptors (Lipinski definition) is 3. The summed E-state index contributed by atoms with van der Waals surface area (Å²) in [6, 6.07) is -1.75. The molecule has 0 aromatic carbocycles. The van der Waals surface area contributed by atoms with Crippen molar-refractivity contribution in [3.05, 3.63) is 11.3 Å². The number of halogens is 3. The third kappa shape index (κ3) is 2.71. The molecule has 1 N–H and O–H groups in total. The summed E-state index contributed by atoms with van der Waals surface area (Å²) < 4.78 is 45.1. The van der Waals surface area contributed by atoms with E-state index in [-0.39, 0.29) is 18.0 Å². The van der Waals surface area contributed by atoms with Crippen LogP contribution >= 0.6 is 0 Å². The first kappa shape index (κ1) is 13.8. The molecule has 0 aliphatic heterocycles. The zero-order valence-electron chi connectivity index (χ0n) is 10.2. The maximum atomic E-state index is 12.9. The van der Waals surface area contributed by atoms with E-state index in [1.165, 1.54) is 18.7 Å². The average molecular weight is 251 g/mol. The van der Waals surface area contributed by atoms with Gasteiger partial charge in [-0.2, -0.15) is 18.3 Å². The summed E-state index contributed by atoms with van der Waals surface area (Å²) in [5.74, 6) is 0.130. The van der Waals surface area contributed by atoms with Crippen LogP contribution < -0.4 is 10.1 Å². The Morgan fingerprint density at radius 3 is 2.47 bits per heavy atom. The average Bonchev–Trinajstić information content (AvgIpc) is 2.47. The monoisotopic (exact) mass is 251 g/mol. The Morgan fingerprint density at radius 1 is 1.47 bits per heavy atom. The first-order valence-electron chi connectivity index (χ1n) is 5.20. The van der Waals surface area contributed by atoms with E-state index in [0.717, 1.165) is 0 Å². The van der Waals surface area contributed by atoms with Crippen molar-refractivity contribution in [2.24, 2.45) is 7.05 Å². The minimum absolute atomic E-state index is 0.0457. The minimum atomic E-state index is -4.38. The number of rotatable bonds is 4. The first-order chi connectivity index (χ1) is 7.82. The van der Waals surface area contributed by atoms with Crippen molar-refractivity contribution in [1.82, 2.24) is 15.1 Å². The molecule has 1 rings (SSSR count). The van der Waals surface area contributed by atoms with E-state index < -0.39 is 12.2 Å². The Labute approximate surface area is 97.8 Å². The standard InChI is InChI=1S/C10H16F3N3O/c1-5-14-8(10(11,12)13)7-6(2)15-16(3)9(7)17-4/h8,14H,5H2,1-4H3. The zero-order chi connectivity index (χ0) is 13.2. The van der Waals surface area contributed by atoms with Gasteiger partial charge in [0.2, 0.25) is 5.88 Å². The lowest BCUT2D eigenvalue weighted by Crippen LogP contribution is -2.34. The number of aryl methyl sites for hydroxylation is 2. The van der Waals surface area contributed by atoms with Crippen molar-refractivity contribution < 1.29 is 17.9 Å². The van der Waals surface area contributed by atoms with Gasteiger partial charge in [0.15, 0.2) is 0 Å². The quantitative estimate of drug-likeness (QED) is 0.889. The summed E-state index contributed by atoms with van der Waals surface area (Å²) in [6.07, 6.45) is -4.38. The molecule has 17 heavy (non-hydrogen) atoms. The Balaban J connectivity index is 3.27. The molecule has 1 unspecified atom stereocenters. The molecule has 0 aliphatic carbocycles. The fourth-order valence-electron chi connectivity index (χ4n) is 1.81. The van der Waals surface area contributed by atoms with Gasteiger partial charge >= 0.3 is 6.18 Å². The third-order valence-corrected chi connectivity index (χ3v) is 2.43. The summed E-state index contributed by atoms with van der Waals surface area (Å²) in [5.41, 5.74) is 0.358. The lowest BCUT2D eigenvalue weighted by Gasteiger charge is -2.21. The van der Waals surface area contributed by atoms with E-state index in [0.29, 0.717) is 5.69 Å². The Morgan fingerprint density at radius 2 is 2.06 bits per heavy atom. The first-order valence-corrected chi connectivity index (χ1v) is 5.20. The highest BCUT2D eigenvalue weighted by Gasteiger charge is 2.44. The van der Waals surface area contributed by atoms with Crippen LogP contribution in [0.5, 0.6) is 5.88 Å². The van der Waals surface area contributed by atoms with Crippen LogP contribution in [0.15, 0.2) is 0 Å². The highest BCUT2D eigenvalue weighted by molar-refractivity contribution is 5.35. The van der Waals surface area contributed by atoms with Crippen LogP contribution in [-0.4, -0.2) is 29.6 Å². The molecule has 0 amide bonds. The molecule has 7 heteroatoms. The molecule has 0 saturated heterocycles. The van der Waals surface area contributed by atoms with Crippen LogP contribution in [0.1, 0.15) is 24.2 Å². The van der Waals surface area contributed by atoms with Gasteiger partial charge in [0.25, 0.3) is 0 Å². The summed E-state index contributed by atoms with van der Waals surface area (Å²) in [4.78, 5) is 0. The smallest absolute Gasteiger partial charge is 0.408 e. The Kier molecular flexibility index (Phi) is 4.03. The molecule has 1 aromatic rings. The predicted octanol–water partition coefficient (Wildman–Crippen LogP) is 1.95. The molecule has 0 spiro atoms. The second-order valence-electron chi connectivity index (χ2n) is 3.66. The molecule has 4 nitrogen and oxygen atoms in total. The van der Waals surface area contributed by atoms with Crippen molar-refractivity contribution in [2.75, 3.05) is 13.7 Å². The van der Waals surface area contributed by atoms with Gasteiger partial charge < -0.3 is 10.1 Å². The molecule has 0 fully saturated rings. The lowest BCUT2D eigenvalue weighted by atomic mass is 10.1. The maximum Gasteiger partial charge on any atom is 0.408 e. The maximum absolute atomic E-state index is 12.9. The number of methoxy groups -OCH3 is 1. The second-order valence-corrected chi connectivity index (χ2v) is 3.66. The molecule has 1 aromatic heterocycles. The fourth-order valence-corrected chi connectivity index (χ4v) is 1.81. The molecular weight excluding hydrogens is 235 g/mol. The molecule has 0 bridgehead atoms. The van der Waals surface area contributed by atoms with Gasteiger partial charge in [0.05, 0.1) is 18.4 Å². The van der Waals surface area contributed by atoms with Gasteiger partial charge in [-0.15, -0.1) is 0 Å². The topological polar surface area (TPSA) is 39.1 Å². The van der Waals surface area contributed by atoms with Gasteiger partial charge in [0, 0.05) is 7.05 Å². The molecule has 0 saturated carbocycles. The third-order valence-electron chi connectivity index (χ3n) is 2.43. The van der Waals surface area contributed by atoms with Crippen LogP contribution in [0.2, 0.25) is 0 Å². The zero-order valence-corrected chi connectivity index (χ0v) is 10.2. The van der Waals surface area contributed by atoms with E-state index in [9.17, 15) is 13.2 Å². The molecule has 0 aliphatic rings. The number of alkyl halides is 3. The highest BCUT2D eigenvalue weighted by atomic mass is 19.4. The molecule has 1 atom stereocenters. The summed E-state index contributed by atoms with van der Waals surface area (Å²) >= 11 is 0. The summed E-state index contributed by atoms with van der Waals surface area (Å²) in [6.45, 7) is 3.37. The normalized spacial score (nSPS) is 13.8. The summed E-state index contributed by atoms with van der Waals surface area (Å²) in [5, 5.41) is 6.36. The van der Waals surface area contributed by atoms with Crippen molar-refractivity contribution in [3.8, 4) is 5.88 Å². The van der Waals surface area contributed by atoms with E-state index in [1.54, 1.807) is 14.0 Å². The Bertz CT molecular complexity index is 387. The number of ether oxygens (including phenoxy) is 1. The summed E-state index contributed by atoms with van der Waals surface area (Å²) in [7, 11) is 2.88. The van der Waals surface area contributed by atoms with Crippen molar-refractivity contribution in [3.63, 3.8) is 0 Å². The van der Waals surface area contributed by atoms with Gasteiger partial charge in [0.1, 0.15) is 6.04 Å². The number of hydrogen-bond donors (Lipinski definition) is 1. The van der Waals surface area contributed by atoms with Crippen LogP contribution in [0.3, 0.4) is 0 Å². The van der Waals surface area contributed by atoms with Crippen LogP contribution in [0.4, 0.5) is 13.2 Å². The van der Waals surface area contributed by atoms with E-state index in [2.05, 4.69) is 10.4 Å². The van der Waals surface area contributed by atoms with Crippen molar-refractivity contribution >= 4 is 0 Å². The largest absolute Gasteiger partial charge is 0.481 e. The molecule has 98 valence electrons. The lowest BCUT2D eigenvalue weighted by molar-refractivity contribution is -0.157. The molecule has 0 radical (unpaired) electrons. The number of nitrogens with zero attached hydrogens (tertiary/aromatic N) is 2. The SMILES string of the molecule is CCNC(c1c(C)nn(C)c1OC)C(F)(F)F. The number of nitrogens with one attached hydrogen (secondary N) is 1. The van der Waals surface area contributed by atoms with E-state index in [4.69, 9.17) is 4.74 Å². The minimum Gasteiger partial charge on any atom is -0.481 e. The van der Waals surface area contributed by atoms with Crippen LogP contribution in [0, 0.1) is 6.92 Å². The van der Waals surface area contributed by atoms with E-state index >= 15 is 0 Å². The van der Waals surface area contributed by atoms with Gasteiger partial charge in [-0.1, -0.05) is 6.92 Å². The molecule has 1 heterocycles. The van der Waals surface area contributed by atoms with Gasteiger partial charge in [-0.05, 0) is 13.5 Å². The van der Waals surface area contributed by atoms with Crippen molar-refractivity contribution in [1.29, 1.82) is 0 Å². The van der Waals surface area contributed by atoms with Gasteiger partial charge in [-0.3, -0.25) is 0 Å². The van der Waals surface area contributed by atoms with Crippen LogP contribution in [0.25, 0.3) is 0 Å². The molecular formula is C10H16F3N3O. The van der Waals surface area contributed by atoms with Crippen molar-refractivity contribution in [2.45, 2.75) is 26.1 Å². The van der Waals surface area contributed by atoms with E-state index in [1.807, 2.05) is 0 Å². The number of aromatic nitrogens is 2. The second kappa shape index (κ2) is 4.95.